The molecule has 10 heteroatoms. The minimum absolute atomic E-state index is 0.0314. The van der Waals surface area contributed by atoms with Gasteiger partial charge in [-0.2, -0.15) is 0 Å². The lowest BCUT2D eigenvalue weighted by molar-refractivity contribution is -0.145. The third-order valence-corrected chi connectivity index (χ3v) is 7.36. The van der Waals surface area contributed by atoms with Gasteiger partial charge in [-0.05, 0) is 25.0 Å². The fourth-order valence-electron chi connectivity index (χ4n) is 3.44. The van der Waals surface area contributed by atoms with Gasteiger partial charge in [0.1, 0.15) is 17.0 Å². The Morgan fingerprint density at radius 2 is 1.70 bits per heavy atom. The van der Waals surface area contributed by atoms with Gasteiger partial charge in [0, 0.05) is 20.1 Å². The van der Waals surface area contributed by atoms with Crippen molar-refractivity contribution < 1.29 is 23.1 Å². The number of halogens is 1. The van der Waals surface area contributed by atoms with Crippen molar-refractivity contribution in [3.8, 4) is 5.75 Å². The quantitative estimate of drug-likeness (QED) is 0.471. The second-order valence-electron chi connectivity index (χ2n) is 7.04. The van der Waals surface area contributed by atoms with Crippen molar-refractivity contribution >= 4 is 38.9 Å². The monoisotopic (exact) mass is 415 g/mol. The molecule has 1 aromatic rings. The molecule has 2 fully saturated rings. The highest BCUT2D eigenvalue weighted by Gasteiger charge is 2.50. The summed E-state index contributed by atoms with van der Waals surface area (Å²) < 4.78 is 25.8. The third-order valence-electron chi connectivity index (χ3n) is 5.04. The van der Waals surface area contributed by atoms with E-state index in [1.165, 1.54) is 26.2 Å². The van der Waals surface area contributed by atoms with Gasteiger partial charge >= 0.3 is 0 Å². The maximum Gasteiger partial charge on any atom is 0.247 e. The maximum atomic E-state index is 12.4. The molecule has 0 aliphatic heterocycles. The fraction of sp³-hybridized carbons (Fsp3) is 0.529. The number of sulfonamides is 1. The van der Waals surface area contributed by atoms with E-state index in [0.29, 0.717) is 0 Å². The lowest BCUT2D eigenvalue weighted by atomic mass is 9.82. The van der Waals surface area contributed by atoms with E-state index in [4.69, 9.17) is 11.6 Å². The lowest BCUT2D eigenvalue weighted by Gasteiger charge is -2.37. The van der Waals surface area contributed by atoms with Crippen molar-refractivity contribution in [3.63, 3.8) is 0 Å². The molecule has 0 aromatic heterocycles. The Morgan fingerprint density at radius 3 is 2.30 bits per heavy atom. The summed E-state index contributed by atoms with van der Waals surface area (Å²) in [5.74, 6) is -1.69. The number of carbonyl (C=O) groups excluding carboxylic acids is 2. The van der Waals surface area contributed by atoms with E-state index >= 15 is 0 Å². The van der Waals surface area contributed by atoms with Crippen LogP contribution in [0.25, 0.3) is 0 Å². The van der Waals surface area contributed by atoms with Crippen molar-refractivity contribution in [2.24, 2.45) is 0 Å². The molecule has 8 nitrogen and oxygen atoms in total. The summed E-state index contributed by atoms with van der Waals surface area (Å²) >= 11 is 5.98. The van der Waals surface area contributed by atoms with Crippen LogP contribution in [0.3, 0.4) is 0 Å². The largest absolute Gasteiger partial charge is 0.504 e. The highest BCUT2D eigenvalue weighted by Crippen LogP contribution is 2.39. The normalized spacial score (nSPS) is 23.7. The summed E-state index contributed by atoms with van der Waals surface area (Å²) in [6.07, 6.45) is 4.05. The van der Waals surface area contributed by atoms with Crippen molar-refractivity contribution in [2.45, 2.75) is 48.7 Å². The summed E-state index contributed by atoms with van der Waals surface area (Å²) in [7, 11) is -1.36. The first-order valence-corrected chi connectivity index (χ1v) is 10.5. The molecule has 0 saturated heterocycles. The van der Waals surface area contributed by atoms with E-state index in [-0.39, 0.29) is 16.8 Å². The van der Waals surface area contributed by atoms with Crippen molar-refractivity contribution in [3.05, 3.63) is 17.2 Å². The number of hydrogen-bond acceptors (Lipinski definition) is 7. The second kappa shape index (κ2) is 7.38. The molecule has 3 rings (SSSR count). The van der Waals surface area contributed by atoms with Crippen LogP contribution in [0.5, 0.6) is 5.75 Å². The molecule has 3 N–H and O–H groups in total. The van der Waals surface area contributed by atoms with Gasteiger partial charge in [0.2, 0.25) is 21.6 Å². The molecule has 2 aliphatic rings. The summed E-state index contributed by atoms with van der Waals surface area (Å²) in [5.41, 5.74) is 0.0314. The first kappa shape index (κ1) is 20.1. The van der Waals surface area contributed by atoms with E-state index in [9.17, 15) is 23.1 Å². The van der Waals surface area contributed by atoms with Gasteiger partial charge in [-0.3, -0.25) is 9.59 Å². The first-order valence-electron chi connectivity index (χ1n) is 8.69. The summed E-state index contributed by atoms with van der Waals surface area (Å²) in [5, 5.41) is 16.3. The molecule has 0 amide bonds. The molecule has 2 atom stereocenters. The van der Waals surface area contributed by atoms with Crippen LogP contribution in [0, 0.1) is 0 Å². The van der Waals surface area contributed by atoms with Crippen molar-refractivity contribution in [1.82, 2.24) is 9.62 Å². The average Bonchev–Trinajstić information content (AvgIpc) is 3.12. The predicted molar refractivity (Wildman–Crippen MR) is 101 cm³/mol. The average molecular weight is 416 g/mol. The van der Waals surface area contributed by atoms with E-state index in [1.54, 1.807) is 0 Å². The Labute approximate surface area is 162 Å². The SMILES string of the molecule is CN(C)S(=O)(=O)c1c(Cl)ccc(NC2C(=O)C(=O)C2NC2CCCC2)c1O. The molecule has 0 radical (unpaired) electrons. The van der Waals surface area contributed by atoms with Crippen LogP contribution in [0.15, 0.2) is 17.0 Å². The number of ketones is 2. The van der Waals surface area contributed by atoms with Gasteiger partial charge < -0.3 is 15.7 Å². The Morgan fingerprint density at radius 1 is 1.11 bits per heavy atom. The van der Waals surface area contributed by atoms with Crippen LogP contribution in [-0.2, 0) is 19.6 Å². The number of nitrogens with one attached hydrogen (secondary N) is 2. The van der Waals surface area contributed by atoms with E-state index in [2.05, 4.69) is 10.6 Å². The summed E-state index contributed by atoms with van der Waals surface area (Å²) in [6, 6.07) is 1.34. The van der Waals surface area contributed by atoms with Crippen LogP contribution in [0.2, 0.25) is 5.02 Å². The zero-order valence-corrected chi connectivity index (χ0v) is 16.6. The van der Waals surface area contributed by atoms with Crippen LogP contribution in [-0.4, -0.2) is 61.6 Å². The lowest BCUT2D eigenvalue weighted by Crippen LogP contribution is -2.68. The number of benzene rings is 1. The molecular formula is C17H22ClN3O5S. The predicted octanol–water partition coefficient (Wildman–Crippen LogP) is 1.13. The van der Waals surface area contributed by atoms with E-state index in [0.717, 1.165) is 30.0 Å². The highest BCUT2D eigenvalue weighted by molar-refractivity contribution is 7.89. The number of Topliss-reactive ketones (excluding diaryl/α,β-unsaturated/α-hetero) is 2. The molecule has 2 saturated carbocycles. The first-order chi connectivity index (χ1) is 12.6. The fourth-order valence-corrected chi connectivity index (χ4v) is 4.92. The van der Waals surface area contributed by atoms with Gasteiger partial charge in [0.15, 0.2) is 5.75 Å². The smallest absolute Gasteiger partial charge is 0.247 e. The number of rotatable bonds is 6. The van der Waals surface area contributed by atoms with E-state index < -0.39 is 44.3 Å². The topological polar surface area (TPSA) is 116 Å². The minimum Gasteiger partial charge on any atom is -0.504 e. The number of anilines is 1. The zero-order valence-electron chi connectivity index (χ0n) is 15.0. The van der Waals surface area contributed by atoms with Crippen LogP contribution >= 0.6 is 11.6 Å². The second-order valence-corrected chi connectivity index (χ2v) is 9.53. The zero-order chi connectivity index (χ0) is 19.9. The molecule has 1 aromatic carbocycles. The number of phenolic OH excluding ortho intramolecular Hbond substituents is 1. The molecule has 148 valence electrons. The van der Waals surface area contributed by atoms with Gasteiger partial charge in [-0.1, -0.05) is 24.4 Å². The van der Waals surface area contributed by atoms with Crippen molar-refractivity contribution in [1.29, 1.82) is 0 Å². The Kier molecular flexibility index (Phi) is 5.49. The number of phenols is 1. The summed E-state index contributed by atoms with van der Waals surface area (Å²) in [6.45, 7) is 0. The number of carbonyl (C=O) groups is 2. The molecular weight excluding hydrogens is 394 g/mol. The Balaban J connectivity index is 1.86. The molecule has 27 heavy (non-hydrogen) atoms. The molecule has 2 aliphatic carbocycles. The number of aromatic hydroxyl groups is 1. The highest BCUT2D eigenvalue weighted by atomic mass is 35.5. The number of hydrogen-bond donors (Lipinski definition) is 3. The van der Waals surface area contributed by atoms with Gasteiger partial charge in [0.25, 0.3) is 0 Å². The minimum atomic E-state index is -4.00. The number of nitrogens with zero attached hydrogens (tertiary/aromatic N) is 1. The van der Waals surface area contributed by atoms with Crippen LogP contribution in [0.4, 0.5) is 5.69 Å². The van der Waals surface area contributed by atoms with Crippen LogP contribution in [0.1, 0.15) is 25.7 Å². The molecule has 0 heterocycles. The maximum absolute atomic E-state index is 12.4. The standard InChI is InChI=1S/C17H22ClN3O5S/c1-21(2)27(25,26)17-10(18)7-8-11(14(17)22)20-13-12(15(23)16(13)24)19-9-5-3-4-6-9/h7-9,12-13,19-20,22H,3-6H2,1-2H3. The van der Waals surface area contributed by atoms with E-state index in [1.807, 2.05) is 0 Å². The third kappa shape index (κ3) is 3.56. The Bertz CT molecular complexity index is 881. The van der Waals surface area contributed by atoms with Gasteiger partial charge in [-0.25, -0.2) is 12.7 Å². The molecule has 0 bridgehead atoms. The van der Waals surface area contributed by atoms with Crippen LogP contribution < -0.4 is 10.6 Å². The van der Waals surface area contributed by atoms with Gasteiger partial charge in [-0.15, -0.1) is 0 Å². The van der Waals surface area contributed by atoms with Gasteiger partial charge in [0.05, 0.1) is 10.7 Å². The molecule has 0 spiro atoms. The van der Waals surface area contributed by atoms with Crippen molar-refractivity contribution in [2.75, 3.05) is 19.4 Å². The summed E-state index contributed by atoms with van der Waals surface area (Å²) in [4.78, 5) is 23.6. The Hall–Kier alpha value is -1.68. The molecule has 2 unspecified atom stereocenters.